The van der Waals surface area contributed by atoms with E-state index in [4.69, 9.17) is 4.74 Å². The lowest BCUT2D eigenvalue weighted by Gasteiger charge is -2.18. The molecule has 0 bridgehead atoms. The summed E-state index contributed by atoms with van der Waals surface area (Å²) in [7, 11) is 4.01. The first kappa shape index (κ1) is 24.1. The summed E-state index contributed by atoms with van der Waals surface area (Å²) in [6.45, 7) is 5.38. The van der Waals surface area contributed by atoms with E-state index in [-0.39, 0.29) is 11.7 Å². The van der Waals surface area contributed by atoms with Crippen molar-refractivity contribution in [1.82, 2.24) is 4.90 Å². The van der Waals surface area contributed by atoms with Crippen molar-refractivity contribution in [1.29, 1.82) is 0 Å². The van der Waals surface area contributed by atoms with Crippen molar-refractivity contribution in [2.75, 3.05) is 32.6 Å². The van der Waals surface area contributed by atoms with Crippen molar-refractivity contribution in [3.8, 4) is 11.5 Å². The van der Waals surface area contributed by atoms with E-state index in [2.05, 4.69) is 10.2 Å². The normalized spacial score (nSPS) is 11.8. The molecule has 1 amide bonds. The van der Waals surface area contributed by atoms with Crippen LogP contribution >= 0.6 is 0 Å². The molecule has 0 aliphatic heterocycles. The number of phenols is 1. The molecule has 0 radical (unpaired) electrons. The van der Waals surface area contributed by atoms with Crippen LogP contribution in [-0.2, 0) is 4.79 Å². The van der Waals surface area contributed by atoms with E-state index in [1.165, 1.54) is 0 Å². The van der Waals surface area contributed by atoms with Crippen LogP contribution in [0, 0.1) is 6.92 Å². The number of hydrogen-bond acceptors (Lipinski definition) is 4. The fraction of sp³-hybridized carbons (Fsp3) is 0.250. The van der Waals surface area contributed by atoms with Crippen LogP contribution in [-0.4, -0.2) is 43.2 Å². The molecule has 33 heavy (non-hydrogen) atoms. The van der Waals surface area contributed by atoms with Crippen LogP contribution in [0.5, 0.6) is 11.5 Å². The zero-order chi connectivity index (χ0) is 23.8. The number of nitrogens with one attached hydrogen (secondary N) is 1. The highest BCUT2D eigenvalue weighted by Crippen LogP contribution is 2.33. The largest absolute Gasteiger partial charge is 0.508 e. The molecule has 0 unspecified atom stereocenters. The molecule has 0 aliphatic rings. The molecule has 0 aliphatic carbocycles. The van der Waals surface area contributed by atoms with Crippen molar-refractivity contribution in [3.05, 3.63) is 89.5 Å². The number of anilines is 1. The highest BCUT2D eigenvalue weighted by molar-refractivity contribution is 6.31. The van der Waals surface area contributed by atoms with Gasteiger partial charge >= 0.3 is 0 Å². The molecule has 0 fully saturated rings. The molecule has 172 valence electrons. The van der Waals surface area contributed by atoms with Crippen molar-refractivity contribution in [3.63, 3.8) is 0 Å². The van der Waals surface area contributed by atoms with Gasteiger partial charge in [0.25, 0.3) is 5.91 Å². The second kappa shape index (κ2) is 11.3. The van der Waals surface area contributed by atoms with Gasteiger partial charge in [-0.1, -0.05) is 43.3 Å². The van der Waals surface area contributed by atoms with E-state index < -0.39 is 0 Å². The first-order valence-corrected chi connectivity index (χ1v) is 11.2. The molecule has 3 rings (SSSR count). The van der Waals surface area contributed by atoms with Gasteiger partial charge in [0, 0.05) is 12.2 Å². The minimum Gasteiger partial charge on any atom is -0.508 e. The number of benzene rings is 3. The molecule has 3 aromatic carbocycles. The molecule has 5 heteroatoms. The number of amides is 1. The van der Waals surface area contributed by atoms with Gasteiger partial charge < -0.3 is 20.1 Å². The quantitative estimate of drug-likeness (QED) is 0.333. The van der Waals surface area contributed by atoms with Gasteiger partial charge in [-0.15, -0.1) is 0 Å². The topological polar surface area (TPSA) is 61.8 Å². The van der Waals surface area contributed by atoms with Gasteiger partial charge in [-0.3, -0.25) is 4.79 Å². The van der Waals surface area contributed by atoms with Crippen LogP contribution in [0.4, 0.5) is 5.69 Å². The van der Waals surface area contributed by atoms with Gasteiger partial charge in [0.2, 0.25) is 0 Å². The predicted molar refractivity (Wildman–Crippen MR) is 136 cm³/mol. The number of ether oxygens (including phenoxy) is 1. The Kier molecular flexibility index (Phi) is 8.28. The fourth-order valence-corrected chi connectivity index (χ4v) is 3.69. The Bertz CT molecular complexity index is 1100. The number of allylic oxidation sites excluding steroid dienone is 1. The van der Waals surface area contributed by atoms with E-state index in [1.54, 1.807) is 18.2 Å². The van der Waals surface area contributed by atoms with Crippen molar-refractivity contribution in [2.24, 2.45) is 0 Å². The van der Waals surface area contributed by atoms with E-state index >= 15 is 0 Å². The summed E-state index contributed by atoms with van der Waals surface area (Å²) >= 11 is 0. The number of nitrogens with zero attached hydrogens (tertiary/aromatic N) is 1. The van der Waals surface area contributed by atoms with Crippen LogP contribution in [0.3, 0.4) is 0 Å². The van der Waals surface area contributed by atoms with Gasteiger partial charge in [0.05, 0.1) is 5.57 Å². The maximum Gasteiger partial charge on any atom is 0.256 e. The Hall–Kier alpha value is -3.57. The molecule has 0 spiro atoms. The first-order valence-electron chi connectivity index (χ1n) is 11.2. The summed E-state index contributed by atoms with van der Waals surface area (Å²) < 4.78 is 5.75. The number of phenolic OH excluding ortho intramolecular Hbond substituents is 1. The second-order valence-electron chi connectivity index (χ2n) is 8.20. The Morgan fingerprint density at radius 2 is 1.70 bits per heavy atom. The molecular formula is C28H32N2O3. The highest BCUT2D eigenvalue weighted by Gasteiger charge is 2.20. The number of aromatic hydroxyl groups is 1. The van der Waals surface area contributed by atoms with Crippen molar-refractivity contribution in [2.45, 2.75) is 20.3 Å². The standard InChI is InChI=1S/C28H32N2O3/c1-5-25(21-9-7-6-8-10-21)27(26-16-13-23(31)19-20(26)2)28(32)29-22-11-14-24(15-12-22)33-18-17-30(3)4/h6-16,19,31H,5,17-18H2,1-4H3,(H,29,32). The lowest BCUT2D eigenvalue weighted by molar-refractivity contribution is -0.111. The molecule has 0 atom stereocenters. The van der Waals surface area contributed by atoms with Crippen LogP contribution < -0.4 is 10.1 Å². The lowest BCUT2D eigenvalue weighted by Crippen LogP contribution is -2.19. The number of rotatable bonds is 9. The van der Waals surface area contributed by atoms with Crippen molar-refractivity contribution < 1.29 is 14.6 Å². The van der Waals surface area contributed by atoms with E-state index in [9.17, 15) is 9.90 Å². The third-order valence-corrected chi connectivity index (χ3v) is 5.40. The summed E-state index contributed by atoms with van der Waals surface area (Å²) in [4.78, 5) is 15.6. The number of carbonyl (C=O) groups is 1. The maximum atomic E-state index is 13.6. The van der Waals surface area contributed by atoms with E-state index in [0.717, 1.165) is 34.6 Å². The average Bonchev–Trinajstić information content (AvgIpc) is 2.79. The smallest absolute Gasteiger partial charge is 0.256 e. The molecule has 5 nitrogen and oxygen atoms in total. The first-order chi connectivity index (χ1) is 15.9. The predicted octanol–water partition coefficient (Wildman–Crippen LogP) is 5.60. The second-order valence-corrected chi connectivity index (χ2v) is 8.20. The third-order valence-electron chi connectivity index (χ3n) is 5.40. The highest BCUT2D eigenvalue weighted by atomic mass is 16.5. The number of hydrogen-bond donors (Lipinski definition) is 2. The summed E-state index contributed by atoms with van der Waals surface area (Å²) in [5.74, 6) is 0.753. The molecule has 0 aromatic heterocycles. The van der Waals surface area contributed by atoms with Crippen LogP contribution in [0.1, 0.15) is 30.0 Å². The summed E-state index contributed by atoms with van der Waals surface area (Å²) in [6.07, 6.45) is 0.686. The summed E-state index contributed by atoms with van der Waals surface area (Å²) in [5.41, 5.74) is 4.89. The summed E-state index contributed by atoms with van der Waals surface area (Å²) in [5, 5.41) is 12.9. The monoisotopic (exact) mass is 444 g/mol. The molecule has 0 saturated carbocycles. The molecular weight excluding hydrogens is 412 g/mol. The minimum absolute atomic E-state index is 0.179. The van der Waals surface area contributed by atoms with Gasteiger partial charge in [0.1, 0.15) is 18.1 Å². The Balaban J connectivity index is 1.93. The Morgan fingerprint density at radius 3 is 2.30 bits per heavy atom. The van der Waals surface area contributed by atoms with Gasteiger partial charge in [0.15, 0.2) is 0 Å². The average molecular weight is 445 g/mol. The van der Waals surface area contributed by atoms with Crippen LogP contribution in [0.25, 0.3) is 11.1 Å². The molecule has 0 saturated heterocycles. The molecule has 2 N–H and O–H groups in total. The third kappa shape index (κ3) is 6.46. The SMILES string of the molecule is CCC(=C(C(=O)Nc1ccc(OCCN(C)C)cc1)c1ccc(O)cc1C)c1ccccc1. The zero-order valence-corrected chi connectivity index (χ0v) is 19.8. The Morgan fingerprint density at radius 1 is 1.00 bits per heavy atom. The van der Waals surface area contributed by atoms with Crippen LogP contribution in [0.2, 0.25) is 0 Å². The number of likely N-dealkylation sites (N-methyl/N-ethyl adjacent to an activating group) is 1. The number of aryl methyl sites for hydroxylation is 1. The van der Waals surface area contributed by atoms with Crippen LogP contribution in [0.15, 0.2) is 72.8 Å². The van der Waals surface area contributed by atoms with E-state index in [0.29, 0.717) is 24.3 Å². The zero-order valence-electron chi connectivity index (χ0n) is 19.8. The van der Waals surface area contributed by atoms with Gasteiger partial charge in [-0.05, 0) is 86.1 Å². The fourth-order valence-electron chi connectivity index (χ4n) is 3.69. The molecule has 3 aromatic rings. The maximum absolute atomic E-state index is 13.6. The summed E-state index contributed by atoms with van der Waals surface area (Å²) in [6, 6.07) is 22.5. The van der Waals surface area contributed by atoms with E-state index in [1.807, 2.05) is 82.5 Å². The number of carbonyl (C=O) groups excluding carboxylic acids is 1. The van der Waals surface area contributed by atoms with Gasteiger partial charge in [-0.2, -0.15) is 0 Å². The Labute approximate surface area is 196 Å². The minimum atomic E-state index is -0.189. The molecule has 0 heterocycles. The van der Waals surface area contributed by atoms with Gasteiger partial charge in [-0.25, -0.2) is 0 Å². The lowest BCUT2D eigenvalue weighted by atomic mass is 9.90. The van der Waals surface area contributed by atoms with Crippen molar-refractivity contribution >= 4 is 22.7 Å².